The molecule has 1 aromatic heterocycles. The number of carbonyl (C=O) groups excluding carboxylic acids is 1. The highest BCUT2D eigenvalue weighted by atomic mass is 16.1. The fourth-order valence-corrected chi connectivity index (χ4v) is 3.70. The van der Waals surface area contributed by atoms with Crippen LogP contribution in [0.2, 0.25) is 0 Å². The summed E-state index contributed by atoms with van der Waals surface area (Å²) in [4.78, 5) is 19.4. The van der Waals surface area contributed by atoms with Crippen LogP contribution >= 0.6 is 0 Å². The average Bonchev–Trinajstić information content (AvgIpc) is 2.62. The molecule has 0 aliphatic carbocycles. The van der Waals surface area contributed by atoms with Gasteiger partial charge >= 0.3 is 0 Å². The molecule has 3 nitrogen and oxygen atoms in total. The molecule has 2 aliphatic rings. The number of fused-ring (bicyclic) bond motifs is 2. The number of hydrogen-bond acceptors (Lipinski definition) is 3. The van der Waals surface area contributed by atoms with Crippen LogP contribution in [0, 0.1) is 12.8 Å². The minimum atomic E-state index is 0.260. The summed E-state index contributed by atoms with van der Waals surface area (Å²) >= 11 is 0. The summed E-state index contributed by atoms with van der Waals surface area (Å²) < 4.78 is 0. The van der Waals surface area contributed by atoms with Gasteiger partial charge in [0.15, 0.2) is 0 Å². The SMILES string of the molecule is Cc1cccc(CC(=O)C2CC3CCC(C2)N3C)n1. The lowest BCUT2D eigenvalue weighted by Crippen LogP contribution is -2.42. The van der Waals surface area contributed by atoms with E-state index in [0.29, 0.717) is 24.3 Å². The molecule has 1 aromatic rings. The Balaban J connectivity index is 1.65. The molecule has 2 unspecified atom stereocenters. The summed E-state index contributed by atoms with van der Waals surface area (Å²) in [6, 6.07) is 7.21. The van der Waals surface area contributed by atoms with E-state index >= 15 is 0 Å². The Morgan fingerprint density at radius 2 is 2.00 bits per heavy atom. The highest BCUT2D eigenvalue weighted by Crippen LogP contribution is 2.37. The van der Waals surface area contributed by atoms with Crippen molar-refractivity contribution >= 4 is 5.78 Å². The highest BCUT2D eigenvalue weighted by molar-refractivity contribution is 5.83. The number of hydrogen-bond donors (Lipinski definition) is 0. The Bertz CT molecular complexity index is 471. The predicted molar refractivity (Wildman–Crippen MR) is 75.0 cm³/mol. The van der Waals surface area contributed by atoms with Gasteiger partial charge in [0, 0.05) is 35.8 Å². The molecule has 2 aliphatic heterocycles. The van der Waals surface area contributed by atoms with Crippen LogP contribution in [-0.4, -0.2) is 34.8 Å². The lowest BCUT2D eigenvalue weighted by atomic mass is 9.86. The van der Waals surface area contributed by atoms with E-state index in [1.165, 1.54) is 12.8 Å². The average molecular weight is 258 g/mol. The quantitative estimate of drug-likeness (QED) is 0.834. The molecule has 0 saturated carbocycles. The molecular formula is C16H22N2O. The Hall–Kier alpha value is -1.22. The largest absolute Gasteiger partial charge is 0.300 e. The van der Waals surface area contributed by atoms with Gasteiger partial charge in [0.05, 0.1) is 0 Å². The number of aromatic nitrogens is 1. The molecule has 0 N–H and O–H groups in total. The molecule has 0 radical (unpaired) electrons. The van der Waals surface area contributed by atoms with E-state index in [9.17, 15) is 4.79 Å². The monoisotopic (exact) mass is 258 g/mol. The second kappa shape index (κ2) is 5.04. The zero-order valence-corrected chi connectivity index (χ0v) is 11.8. The number of piperidine rings is 1. The van der Waals surface area contributed by atoms with E-state index in [4.69, 9.17) is 0 Å². The van der Waals surface area contributed by atoms with E-state index in [1.807, 2.05) is 25.1 Å². The van der Waals surface area contributed by atoms with Crippen LogP contribution in [0.15, 0.2) is 18.2 Å². The Morgan fingerprint density at radius 3 is 2.63 bits per heavy atom. The van der Waals surface area contributed by atoms with E-state index in [-0.39, 0.29) is 5.92 Å². The van der Waals surface area contributed by atoms with Crippen molar-refractivity contribution < 1.29 is 4.79 Å². The van der Waals surface area contributed by atoms with Crippen LogP contribution in [0.25, 0.3) is 0 Å². The van der Waals surface area contributed by atoms with Gasteiger partial charge in [-0.05, 0) is 51.8 Å². The first-order valence-corrected chi connectivity index (χ1v) is 7.30. The number of pyridine rings is 1. The van der Waals surface area contributed by atoms with Gasteiger partial charge in [0.25, 0.3) is 0 Å². The molecule has 3 heterocycles. The normalized spacial score (nSPS) is 30.5. The fraction of sp³-hybridized carbons (Fsp3) is 0.625. The number of Topliss-reactive ketones (excluding diaryl/α,β-unsaturated/α-hetero) is 1. The van der Waals surface area contributed by atoms with Crippen LogP contribution in [0.4, 0.5) is 0 Å². The third kappa shape index (κ3) is 2.57. The number of carbonyl (C=O) groups is 1. The Labute approximate surface area is 115 Å². The molecule has 0 aromatic carbocycles. The van der Waals surface area contributed by atoms with Crippen LogP contribution in [-0.2, 0) is 11.2 Å². The van der Waals surface area contributed by atoms with Gasteiger partial charge in [-0.2, -0.15) is 0 Å². The van der Waals surface area contributed by atoms with Crippen LogP contribution < -0.4 is 0 Å². The Kier molecular flexibility index (Phi) is 3.40. The lowest BCUT2D eigenvalue weighted by molar-refractivity contribution is -0.124. The van der Waals surface area contributed by atoms with Gasteiger partial charge in [-0.3, -0.25) is 9.78 Å². The van der Waals surface area contributed by atoms with Crippen molar-refractivity contribution in [2.45, 2.75) is 51.1 Å². The molecular weight excluding hydrogens is 236 g/mol. The van der Waals surface area contributed by atoms with Crippen LogP contribution in [0.5, 0.6) is 0 Å². The summed E-state index contributed by atoms with van der Waals surface area (Å²) in [6.07, 6.45) is 5.16. The third-order valence-corrected chi connectivity index (χ3v) is 4.85. The summed E-state index contributed by atoms with van der Waals surface area (Å²) in [5, 5.41) is 0. The van der Waals surface area contributed by atoms with Crippen molar-refractivity contribution in [3.05, 3.63) is 29.6 Å². The molecule has 3 heteroatoms. The number of rotatable bonds is 3. The van der Waals surface area contributed by atoms with E-state index in [0.717, 1.165) is 24.2 Å². The maximum Gasteiger partial charge on any atom is 0.142 e. The molecule has 2 atom stereocenters. The molecule has 3 rings (SSSR count). The molecule has 2 saturated heterocycles. The number of nitrogens with zero attached hydrogens (tertiary/aromatic N) is 2. The van der Waals surface area contributed by atoms with Gasteiger partial charge in [-0.25, -0.2) is 0 Å². The van der Waals surface area contributed by atoms with Gasteiger partial charge < -0.3 is 4.90 Å². The van der Waals surface area contributed by atoms with Crippen molar-refractivity contribution in [3.63, 3.8) is 0 Å². The van der Waals surface area contributed by atoms with E-state index in [2.05, 4.69) is 16.9 Å². The first kappa shape index (κ1) is 12.8. The molecule has 2 fully saturated rings. The van der Waals surface area contributed by atoms with Crippen LogP contribution in [0.3, 0.4) is 0 Å². The summed E-state index contributed by atoms with van der Waals surface area (Å²) in [7, 11) is 2.21. The van der Waals surface area contributed by atoms with Crippen LogP contribution in [0.1, 0.15) is 37.1 Å². The van der Waals surface area contributed by atoms with Crippen molar-refractivity contribution in [2.24, 2.45) is 5.92 Å². The second-order valence-corrected chi connectivity index (χ2v) is 6.13. The summed E-state index contributed by atoms with van der Waals surface area (Å²) in [5.41, 5.74) is 1.92. The van der Waals surface area contributed by atoms with Gasteiger partial charge in [0.1, 0.15) is 5.78 Å². The van der Waals surface area contributed by atoms with E-state index in [1.54, 1.807) is 0 Å². The summed E-state index contributed by atoms with van der Waals surface area (Å²) in [6.45, 7) is 1.98. The van der Waals surface area contributed by atoms with Crippen molar-refractivity contribution in [2.75, 3.05) is 7.05 Å². The third-order valence-electron chi connectivity index (χ3n) is 4.85. The molecule has 2 bridgehead atoms. The standard InChI is InChI=1S/C16H22N2O/c1-11-4-3-5-13(17-11)10-16(19)12-8-14-6-7-15(9-12)18(14)2/h3-5,12,14-15H,6-10H2,1-2H3. The molecule has 102 valence electrons. The first-order chi connectivity index (χ1) is 9.13. The smallest absolute Gasteiger partial charge is 0.142 e. The maximum absolute atomic E-state index is 12.4. The van der Waals surface area contributed by atoms with Gasteiger partial charge in [0.2, 0.25) is 0 Å². The highest BCUT2D eigenvalue weighted by Gasteiger charge is 2.40. The zero-order valence-electron chi connectivity index (χ0n) is 11.8. The van der Waals surface area contributed by atoms with Gasteiger partial charge in [-0.1, -0.05) is 6.07 Å². The minimum Gasteiger partial charge on any atom is -0.300 e. The van der Waals surface area contributed by atoms with E-state index < -0.39 is 0 Å². The second-order valence-electron chi connectivity index (χ2n) is 6.13. The molecule has 0 amide bonds. The van der Waals surface area contributed by atoms with Crippen molar-refractivity contribution in [1.82, 2.24) is 9.88 Å². The predicted octanol–water partition coefficient (Wildman–Crippen LogP) is 2.37. The molecule has 0 spiro atoms. The summed E-state index contributed by atoms with van der Waals surface area (Å²) in [5.74, 6) is 0.652. The Morgan fingerprint density at radius 1 is 1.32 bits per heavy atom. The van der Waals surface area contributed by atoms with Crippen molar-refractivity contribution in [3.8, 4) is 0 Å². The topological polar surface area (TPSA) is 33.2 Å². The first-order valence-electron chi connectivity index (χ1n) is 7.30. The zero-order chi connectivity index (χ0) is 13.4. The lowest BCUT2D eigenvalue weighted by Gasteiger charge is -2.35. The minimum absolute atomic E-state index is 0.260. The number of aryl methyl sites for hydroxylation is 1. The fourth-order valence-electron chi connectivity index (χ4n) is 3.70. The maximum atomic E-state index is 12.4. The van der Waals surface area contributed by atoms with Crippen molar-refractivity contribution in [1.29, 1.82) is 0 Å². The molecule has 19 heavy (non-hydrogen) atoms. The number of ketones is 1. The van der Waals surface area contributed by atoms with Gasteiger partial charge in [-0.15, -0.1) is 0 Å².